The third kappa shape index (κ3) is 3.88. The van der Waals surface area contributed by atoms with E-state index in [1.165, 1.54) is 14.2 Å². The van der Waals surface area contributed by atoms with E-state index in [1.54, 1.807) is 18.3 Å². The maximum absolute atomic E-state index is 11.7. The maximum Gasteiger partial charge on any atom is 0.251 e. The molecule has 1 aromatic rings. The molecule has 0 bridgehead atoms. The third-order valence-electron chi connectivity index (χ3n) is 1.94. The Morgan fingerprint density at radius 2 is 2.25 bits per heavy atom. The summed E-state index contributed by atoms with van der Waals surface area (Å²) in [6, 6.07) is 3.28. The minimum absolute atomic E-state index is 0.192. The van der Waals surface area contributed by atoms with Gasteiger partial charge in [-0.25, -0.2) is 4.98 Å². The van der Waals surface area contributed by atoms with Gasteiger partial charge in [0.15, 0.2) is 6.29 Å². The Hall–Kier alpha value is -0.980. The van der Waals surface area contributed by atoms with Gasteiger partial charge in [0.05, 0.1) is 6.54 Å². The lowest BCUT2D eigenvalue weighted by Crippen LogP contribution is -2.34. The lowest BCUT2D eigenvalue weighted by Gasteiger charge is -2.13. The minimum Gasteiger partial charge on any atom is -0.354 e. The van der Waals surface area contributed by atoms with Gasteiger partial charge < -0.3 is 14.8 Å². The zero-order chi connectivity index (χ0) is 12.0. The number of amides is 1. The largest absolute Gasteiger partial charge is 0.354 e. The van der Waals surface area contributed by atoms with Crippen molar-refractivity contribution in [2.24, 2.45) is 0 Å². The zero-order valence-electron chi connectivity index (χ0n) is 9.07. The molecule has 0 radical (unpaired) electrons. The van der Waals surface area contributed by atoms with Gasteiger partial charge in [-0.3, -0.25) is 4.79 Å². The number of nitrogens with one attached hydrogen (secondary N) is 1. The van der Waals surface area contributed by atoms with Crippen molar-refractivity contribution in [1.82, 2.24) is 10.3 Å². The summed E-state index contributed by atoms with van der Waals surface area (Å²) in [6.07, 6.45) is 1.12. The highest BCUT2D eigenvalue weighted by atomic mass is 79.9. The highest BCUT2D eigenvalue weighted by Gasteiger charge is 2.09. The number of ether oxygens (including phenoxy) is 2. The van der Waals surface area contributed by atoms with Crippen LogP contribution in [-0.4, -0.2) is 37.9 Å². The first-order chi connectivity index (χ1) is 7.67. The first-order valence-electron chi connectivity index (χ1n) is 4.62. The van der Waals surface area contributed by atoms with Crippen LogP contribution in [0, 0.1) is 0 Å². The highest BCUT2D eigenvalue weighted by Crippen LogP contribution is 2.07. The normalized spacial score (nSPS) is 10.5. The molecule has 88 valence electrons. The van der Waals surface area contributed by atoms with Crippen LogP contribution in [0.1, 0.15) is 10.4 Å². The molecule has 1 aromatic heterocycles. The first-order valence-corrected chi connectivity index (χ1v) is 5.42. The van der Waals surface area contributed by atoms with Crippen LogP contribution in [-0.2, 0) is 9.47 Å². The van der Waals surface area contributed by atoms with Gasteiger partial charge in [0, 0.05) is 26.0 Å². The SMILES string of the molecule is COC(CNC(=O)c1ccnc(Br)c1)OC. The molecule has 0 atom stereocenters. The Morgan fingerprint density at radius 3 is 2.81 bits per heavy atom. The van der Waals surface area contributed by atoms with Gasteiger partial charge in [0.1, 0.15) is 4.60 Å². The van der Waals surface area contributed by atoms with Gasteiger partial charge in [0.25, 0.3) is 5.91 Å². The summed E-state index contributed by atoms with van der Waals surface area (Å²) in [4.78, 5) is 15.6. The number of pyridine rings is 1. The number of halogens is 1. The summed E-state index contributed by atoms with van der Waals surface area (Å²) in [6.45, 7) is 0.297. The lowest BCUT2D eigenvalue weighted by molar-refractivity contribution is -0.0974. The van der Waals surface area contributed by atoms with Crippen LogP contribution >= 0.6 is 15.9 Å². The summed E-state index contributed by atoms with van der Waals surface area (Å²) in [5, 5.41) is 2.69. The van der Waals surface area contributed by atoms with Crippen molar-refractivity contribution in [2.75, 3.05) is 20.8 Å². The monoisotopic (exact) mass is 288 g/mol. The molecule has 1 heterocycles. The van der Waals surface area contributed by atoms with E-state index in [9.17, 15) is 4.79 Å². The molecule has 1 rings (SSSR count). The van der Waals surface area contributed by atoms with Crippen molar-refractivity contribution in [3.8, 4) is 0 Å². The Kier molecular flexibility index (Phi) is 5.37. The predicted molar refractivity (Wildman–Crippen MR) is 62.1 cm³/mol. The quantitative estimate of drug-likeness (QED) is 0.653. The number of nitrogens with zero attached hydrogens (tertiary/aromatic N) is 1. The summed E-state index contributed by atoms with van der Waals surface area (Å²) in [5.74, 6) is -0.192. The van der Waals surface area contributed by atoms with Crippen molar-refractivity contribution in [1.29, 1.82) is 0 Å². The van der Waals surface area contributed by atoms with E-state index in [0.717, 1.165) is 0 Å². The summed E-state index contributed by atoms with van der Waals surface area (Å²) in [5.41, 5.74) is 0.535. The Labute approximate surface area is 102 Å². The second-order valence-electron chi connectivity index (χ2n) is 2.98. The van der Waals surface area contributed by atoms with Gasteiger partial charge in [0.2, 0.25) is 0 Å². The third-order valence-corrected chi connectivity index (χ3v) is 2.38. The molecule has 16 heavy (non-hydrogen) atoms. The molecule has 6 heteroatoms. The molecule has 0 unspecified atom stereocenters. The average Bonchev–Trinajstić information content (AvgIpc) is 2.30. The molecule has 0 fully saturated rings. The fourth-order valence-electron chi connectivity index (χ4n) is 1.08. The van der Waals surface area contributed by atoms with Crippen LogP contribution in [0.25, 0.3) is 0 Å². The standard InChI is InChI=1S/C10H13BrN2O3/c1-15-9(16-2)6-13-10(14)7-3-4-12-8(11)5-7/h3-5,9H,6H2,1-2H3,(H,13,14). The van der Waals surface area contributed by atoms with Crippen LogP contribution in [0.5, 0.6) is 0 Å². The van der Waals surface area contributed by atoms with Crippen LogP contribution in [0.2, 0.25) is 0 Å². The molecule has 0 aliphatic rings. The topological polar surface area (TPSA) is 60.5 Å². The van der Waals surface area contributed by atoms with E-state index in [1.807, 2.05) is 0 Å². The van der Waals surface area contributed by atoms with Crippen molar-refractivity contribution >= 4 is 21.8 Å². The number of aromatic nitrogens is 1. The Morgan fingerprint density at radius 1 is 1.56 bits per heavy atom. The van der Waals surface area contributed by atoms with Crippen LogP contribution in [0.4, 0.5) is 0 Å². The lowest BCUT2D eigenvalue weighted by atomic mass is 10.2. The van der Waals surface area contributed by atoms with E-state index < -0.39 is 6.29 Å². The summed E-state index contributed by atoms with van der Waals surface area (Å²) < 4.78 is 10.5. The second-order valence-corrected chi connectivity index (χ2v) is 3.79. The molecule has 1 amide bonds. The van der Waals surface area contributed by atoms with Crippen LogP contribution in [0.15, 0.2) is 22.9 Å². The molecule has 0 aromatic carbocycles. The molecule has 0 aliphatic heterocycles. The van der Waals surface area contributed by atoms with E-state index in [-0.39, 0.29) is 5.91 Å². The van der Waals surface area contributed by atoms with Crippen molar-refractivity contribution < 1.29 is 14.3 Å². The molecule has 0 saturated heterocycles. The molecular weight excluding hydrogens is 276 g/mol. The fourth-order valence-corrected chi connectivity index (χ4v) is 1.45. The Bertz CT molecular complexity index is 356. The van der Waals surface area contributed by atoms with Gasteiger partial charge in [-0.1, -0.05) is 0 Å². The molecule has 5 nitrogen and oxygen atoms in total. The predicted octanol–water partition coefficient (Wildman–Crippen LogP) is 1.19. The van der Waals surface area contributed by atoms with Crippen LogP contribution < -0.4 is 5.32 Å². The number of methoxy groups -OCH3 is 2. The second kappa shape index (κ2) is 6.57. The van der Waals surface area contributed by atoms with Crippen LogP contribution in [0.3, 0.4) is 0 Å². The molecule has 0 saturated carbocycles. The Balaban J connectivity index is 2.52. The van der Waals surface area contributed by atoms with E-state index in [2.05, 4.69) is 26.2 Å². The van der Waals surface area contributed by atoms with Gasteiger partial charge in [-0.15, -0.1) is 0 Å². The number of carbonyl (C=O) groups excluding carboxylic acids is 1. The number of rotatable bonds is 5. The number of carbonyl (C=O) groups is 1. The molecule has 1 N–H and O–H groups in total. The maximum atomic E-state index is 11.7. The molecule has 0 aliphatic carbocycles. The van der Waals surface area contributed by atoms with E-state index in [4.69, 9.17) is 9.47 Å². The highest BCUT2D eigenvalue weighted by molar-refractivity contribution is 9.10. The molecule has 0 spiro atoms. The molecular formula is C10H13BrN2O3. The summed E-state index contributed by atoms with van der Waals surface area (Å²) in [7, 11) is 3.03. The van der Waals surface area contributed by atoms with E-state index >= 15 is 0 Å². The van der Waals surface area contributed by atoms with E-state index in [0.29, 0.717) is 16.7 Å². The van der Waals surface area contributed by atoms with Gasteiger partial charge in [-0.05, 0) is 28.1 Å². The first kappa shape index (κ1) is 13.1. The smallest absolute Gasteiger partial charge is 0.251 e. The number of hydrogen-bond acceptors (Lipinski definition) is 4. The average molecular weight is 289 g/mol. The summed E-state index contributed by atoms with van der Waals surface area (Å²) >= 11 is 3.20. The minimum atomic E-state index is -0.436. The zero-order valence-corrected chi connectivity index (χ0v) is 10.7. The van der Waals surface area contributed by atoms with Crippen molar-refractivity contribution in [2.45, 2.75) is 6.29 Å². The van der Waals surface area contributed by atoms with Gasteiger partial charge in [-0.2, -0.15) is 0 Å². The van der Waals surface area contributed by atoms with Gasteiger partial charge >= 0.3 is 0 Å². The number of hydrogen-bond donors (Lipinski definition) is 1. The van der Waals surface area contributed by atoms with Crippen molar-refractivity contribution in [3.63, 3.8) is 0 Å². The fraction of sp³-hybridized carbons (Fsp3) is 0.400. The van der Waals surface area contributed by atoms with Crippen molar-refractivity contribution in [3.05, 3.63) is 28.5 Å².